The molecule has 0 spiro atoms. The molecule has 27 heavy (non-hydrogen) atoms. The van der Waals surface area contributed by atoms with Crippen molar-refractivity contribution in [2.45, 2.75) is 24.8 Å². The van der Waals surface area contributed by atoms with E-state index in [1.807, 2.05) is 0 Å². The van der Waals surface area contributed by atoms with E-state index in [0.29, 0.717) is 23.0 Å². The van der Waals surface area contributed by atoms with E-state index in [-0.39, 0.29) is 4.90 Å². The monoisotopic (exact) mass is 386 g/mol. The highest BCUT2D eigenvalue weighted by Gasteiger charge is 2.22. The standard InChI is InChI=1S/C18H18N4O4S/c1-12(22-27(24,25)16-9-4-3-5-10-16)18(23)20-15-8-6-7-14(11-15)17-19-13(2)26-21-17/h3-12,22H,1-2H3,(H,20,23)/t12-/m0/s1. The number of hydrogen-bond donors (Lipinski definition) is 2. The van der Waals surface area contributed by atoms with Gasteiger partial charge in [0.25, 0.3) is 0 Å². The number of aryl methyl sites for hydroxylation is 1. The molecule has 1 amide bonds. The third-order valence-electron chi connectivity index (χ3n) is 3.69. The SMILES string of the molecule is Cc1nc(-c2cccc(NC(=O)[C@H](C)NS(=O)(=O)c3ccccc3)c2)no1. The number of nitrogens with one attached hydrogen (secondary N) is 2. The summed E-state index contributed by atoms with van der Waals surface area (Å²) in [5.74, 6) is 0.348. The van der Waals surface area contributed by atoms with Crippen molar-refractivity contribution in [3.63, 3.8) is 0 Å². The second-order valence-corrected chi connectivity index (χ2v) is 7.58. The van der Waals surface area contributed by atoms with Gasteiger partial charge in [0.1, 0.15) is 0 Å². The number of anilines is 1. The molecule has 0 aliphatic carbocycles. The predicted octanol–water partition coefficient (Wildman–Crippen LogP) is 2.35. The molecular formula is C18H18N4O4S. The lowest BCUT2D eigenvalue weighted by Gasteiger charge is -2.14. The average molecular weight is 386 g/mol. The zero-order valence-electron chi connectivity index (χ0n) is 14.7. The first-order valence-corrected chi connectivity index (χ1v) is 9.62. The molecule has 0 bridgehead atoms. The summed E-state index contributed by atoms with van der Waals surface area (Å²) in [4.78, 5) is 16.6. The molecule has 0 saturated heterocycles. The lowest BCUT2D eigenvalue weighted by atomic mass is 10.2. The van der Waals surface area contributed by atoms with E-state index in [1.165, 1.54) is 19.1 Å². The second-order valence-electron chi connectivity index (χ2n) is 5.86. The summed E-state index contributed by atoms with van der Waals surface area (Å²) >= 11 is 0. The number of amides is 1. The molecule has 0 unspecified atom stereocenters. The fourth-order valence-electron chi connectivity index (χ4n) is 2.36. The van der Waals surface area contributed by atoms with Crippen molar-refractivity contribution in [3.05, 3.63) is 60.5 Å². The summed E-state index contributed by atoms with van der Waals surface area (Å²) < 4.78 is 32.0. The van der Waals surface area contributed by atoms with Crippen LogP contribution >= 0.6 is 0 Å². The van der Waals surface area contributed by atoms with Crippen LogP contribution in [0.1, 0.15) is 12.8 Å². The summed E-state index contributed by atoms with van der Waals surface area (Å²) in [6.07, 6.45) is 0. The van der Waals surface area contributed by atoms with Gasteiger partial charge < -0.3 is 9.84 Å². The van der Waals surface area contributed by atoms with Gasteiger partial charge in [0, 0.05) is 18.2 Å². The molecular weight excluding hydrogens is 368 g/mol. The number of sulfonamides is 1. The van der Waals surface area contributed by atoms with Gasteiger partial charge in [-0.2, -0.15) is 9.71 Å². The molecule has 0 saturated carbocycles. The summed E-state index contributed by atoms with van der Waals surface area (Å²) in [5.41, 5.74) is 1.16. The molecule has 3 aromatic rings. The first-order chi connectivity index (χ1) is 12.8. The summed E-state index contributed by atoms with van der Waals surface area (Å²) in [6.45, 7) is 3.16. The van der Waals surface area contributed by atoms with Crippen molar-refractivity contribution in [2.24, 2.45) is 0 Å². The van der Waals surface area contributed by atoms with E-state index in [0.717, 1.165) is 0 Å². The summed E-state index contributed by atoms with van der Waals surface area (Å²) in [7, 11) is -3.79. The third kappa shape index (κ3) is 4.57. The lowest BCUT2D eigenvalue weighted by molar-refractivity contribution is -0.117. The number of nitrogens with zero attached hydrogens (tertiary/aromatic N) is 2. The van der Waals surface area contributed by atoms with E-state index in [1.54, 1.807) is 49.4 Å². The fourth-order valence-corrected chi connectivity index (χ4v) is 3.58. The maximum atomic E-state index is 12.4. The van der Waals surface area contributed by atoms with Crippen LogP contribution in [0.4, 0.5) is 5.69 Å². The first kappa shape index (κ1) is 18.7. The van der Waals surface area contributed by atoms with Crippen LogP contribution in [-0.2, 0) is 14.8 Å². The molecule has 0 aliphatic rings. The normalized spacial score (nSPS) is 12.5. The van der Waals surface area contributed by atoms with Gasteiger partial charge in [-0.25, -0.2) is 8.42 Å². The Morgan fingerprint density at radius 3 is 2.52 bits per heavy atom. The van der Waals surface area contributed by atoms with Crippen LogP contribution < -0.4 is 10.0 Å². The fraction of sp³-hybridized carbons (Fsp3) is 0.167. The quantitative estimate of drug-likeness (QED) is 0.672. The molecule has 140 valence electrons. The topological polar surface area (TPSA) is 114 Å². The molecule has 0 aliphatic heterocycles. The zero-order valence-corrected chi connectivity index (χ0v) is 15.5. The van der Waals surface area contributed by atoms with Gasteiger partial charge in [-0.15, -0.1) is 0 Å². The molecule has 1 heterocycles. The van der Waals surface area contributed by atoms with Gasteiger partial charge in [0.05, 0.1) is 10.9 Å². The van der Waals surface area contributed by atoms with Crippen molar-refractivity contribution >= 4 is 21.6 Å². The Morgan fingerprint density at radius 1 is 1.11 bits per heavy atom. The first-order valence-electron chi connectivity index (χ1n) is 8.14. The molecule has 3 rings (SSSR count). The van der Waals surface area contributed by atoms with Gasteiger partial charge >= 0.3 is 0 Å². The van der Waals surface area contributed by atoms with Crippen molar-refractivity contribution < 1.29 is 17.7 Å². The number of carbonyl (C=O) groups excluding carboxylic acids is 1. The van der Waals surface area contributed by atoms with Crippen LogP contribution in [0.5, 0.6) is 0 Å². The average Bonchev–Trinajstić information content (AvgIpc) is 3.09. The lowest BCUT2D eigenvalue weighted by Crippen LogP contribution is -2.41. The van der Waals surface area contributed by atoms with Crippen molar-refractivity contribution in [3.8, 4) is 11.4 Å². The van der Waals surface area contributed by atoms with Crippen LogP contribution in [0.3, 0.4) is 0 Å². The van der Waals surface area contributed by atoms with E-state index in [4.69, 9.17) is 4.52 Å². The van der Waals surface area contributed by atoms with Gasteiger partial charge in [-0.3, -0.25) is 4.79 Å². The van der Waals surface area contributed by atoms with Gasteiger partial charge in [0.15, 0.2) is 0 Å². The number of carbonyl (C=O) groups is 1. The summed E-state index contributed by atoms with van der Waals surface area (Å²) in [6, 6.07) is 13.8. The minimum atomic E-state index is -3.79. The Bertz CT molecular complexity index is 1050. The van der Waals surface area contributed by atoms with E-state index in [9.17, 15) is 13.2 Å². The van der Waals surface area contributed by atoms with Crippen LogP contribution in [0.2, 0.25) is 0 Å². The Labute approximate surface area is 156 Å². The van der Waals surface area contributed by atoms with Crippen LogP contribution in [0.15, 0.2) is 64.0 Å². The van der Waals surface area contributed by atoms with E-state index < -0.39 is 22.0 Å². The predicted molar refractivity (Wildman–Crippen MR) is 99.3 cm³/mol. The molecule has 8 nitrogen and oxygen atoms in total. The third-order valence-corrected chi connectivity index (χ3v) is 5.25. The molecule has 1 aromatic heterocycles. The molecule has 0 fully saturated rings. The van der Waals surface area contributed by atoms with Crippen molar-refractivity contribution in [1.29, 1.82) is 0 Å². The molecule has 1 atom stereocenters. The van der Waals surface area contributed by atoms with Gasteiger partial charge in [-0.1, -0.05) is 35.5 Å². The highest BCUT2D eigenvalue weighted by atomic mass is 32.2. The van der Waals surface area contributed by atoms with Crippen LogP contribution in [-0.4, -0.2) is 30.5 Å². The maximum absolute atomic E-state index is 12.4. The molecule has 2 aromatic carbocycles. The Kier molecular flexibility index (Phi) is 5.33. The van der Waals surface area contributed by atoms with Crippen molar-refractivity contribution in [1.82, 2.24) is 14.9 Å². The highest BCUT2D eigenvalue weighted by Crippen LogP contribution is 2.20. The smallest absolute Gasteiger partial charge is 0.242 e. The van der Waals surface area contributed by atoms with Gasteiger partial charge in [0.2, 0.25) is 27.6 Å². The summed E-state index contributed by atoms with van der Waals surface area (Å²) in [5, 5.41) is 6.51. The van der Waals surface area contributed by atoms with Crippen molar-refractivity contribution in [2.75, 3.05) is 5.32 Å². The minimum absolute atomic E-state index is 0.0964. The Hall–Kier alpha value is -3.04. The van der Waals surface area contributed by atoms with Crippen LogP contribution in [0, 0.1) is 6.92 Å². The van der Waals surface area contributed by atoms with Gasteiger partial charge in [-0.05, 0) is 31.2 Å². The van der Waals surface area contributed by atoms with E-state index in [2.05, 4.69) is 20.2 Å². The minimum Gasteiger partial charge on any atom is -0.339 e. The molecule has 0 radical (unpaired) electrons. The van der Waals surface area contributed by atoms with E-state index >= 15 is 0 Å². The number of hydrogen-bond acceptors (Lipinski definition) is 6. The Morgan fingerprint density at radius 2 is 1.85 bits per heavy atom. The molecule has 9 heteroatoms. The Balaban J connectivity index is 1.70. The largest absolute Gasteiger partial charge is 0.339 e. The second kappa shape index (κ2) is 7.68. The number of aromatic nitrogens is 2. The maximum Gasteiger partial charge on any atom is 0.242 e. The zero-order chi connectivity index (χ0) is 19.4. The number of rotatable bonds is 6. The van der Waals surface area contributed by atoms with Crippen LogP contribution in [0.25, 0.3) is 11.4 Å². The number of benzene rings is 2. The molecule has 2 N–H and O–H groups in total. The highest BCUT2D eigenvalue weighted by molar-refractivity contribution is 7.89.